The number of rotatable bonds is 3. The van der Waals surface area contributed by atoms with Crippen molar-refractivity contribution in [2.45, 2.75) is 11.7 Å². The predicted molar refractivity (Wildman–Crippen MR) is 74.7 cm³/mol. The van der Waals surface area contributed by atoms with Gasteiger partial charge in [0.2, 0.25) is 15.9 Å². The van der Waals surface area contributed by atoms with Gasteiger partial charge in [-0.1, -0.05) is 6.07 Å². The van der Waals surface area contributed by atoms with E-state index in [0.717, 1.165) is 4.90 Å². The molecule has 8 nitrogen and oxygen atoms in total. The SMILES string of the molecule is NS(=O)(=O)C1CC(=O)N(c2cccc(Br)c2[N+](=O)[O-])C1. The molecule has 1 aliphatic heterocycles. The molecule has 0 spiro atoms. The maximum absolute atomic E-state index is 11.9. The molecule has 20 heavy (non-hydrogen) atoms. The van der Waals surface area contributed by atoms with Crippen LogP contribution in [0.4, 0.5) is 11.4 Å². The minimum atomic E-state index is -3.86. The summed E-state index contributed by atoms with van der Waals surface area (Å²) in [6.07, 6.45) is -0.275. The number of nitrogens with two attached hydrogens (primary N) is 1. The van der Waals surface area contributed by atoms with E-state index in [1.807, 2.05) is 0 Å². The summed E-state index contributed by atoms with van der Waals surface area (Å²) in [5.74, 6) is -0.509. The molecule has 1 unspecified atom stereocenters. The molecule has 0 saturated carbocycles. The highest BCUT2D eigenvalue weighted by molar-refractivity contribution is 9.10. The molecule has 1 fully saturated rings. The molecule has 1 amide bonds. The fourth-order valence-electron chi connectivity index (χ4n) is 2.03. The number of nitro benzene ring substituents is 1. The van der Waals surface area contributed by atoms with Gasteiger partial charge in [-0.05, 0) is 28.1 Å². The van der Waals surface area contributed by atoms with E-state index in [1.165, 1.54) is 18.2 Å². The number of halogens is 1. The molecule has 0 aromatic heterocycles. The third-order valence-electron chi connectivity index (χ3n) is 2.99. The molecular weight excluding hydrogens is 354 g/mol. The number of amides is 1. The van der Waals surface area contributed by atoms with Gasteiger partial charge in [0, 0.05) is 13.0 Å². The second-order valence-electron chi connectivity index (χ2n) is 4.28. The van der Waals surface area contributed by atoms with Gasteiger partial charge in [-0.25, -0.2) is 13.6 Å². The lowest BCUT2D eigenvalue weighted by Crippen LogP contribution is -2.32. The summed E-state index contributed by atoms with van der Waals surface area (Å²) in [4.78, 5) is 23.4. The van der Waals surface area contributed by atoms with Crippen LogP contribution in [0.1, 0.15) is 6.42 Å². The van der Waals surface area contributed by atoms with Crippen molar-refractivity contribution in [3.8, 4) is 0 Å². The molecule has 108 valence electrons. The fraction of sp³-hybridized carbons (Fsp3) is 0.300. The number of nitrogens with zero attached hydrogens (tertiary/aromatic N) is 2. The van der Waals surface area contributed by atoms with E-state index in [9.17, 15) is 23.3 Å². The van der Waals surface area contributed by atoms with Crippen LogP contribution < -0.4 is 10.0 Å². The second kappa shape index (κ2) is 5.11. The average Bonchev–Trinajstić information content (AvgIpc) is 2.70. The van der Waals surface area contributed by atoms with Gasteiger partial charge in [0.1, 0.15) is 10.9 Å². The van der Waals surface area contributed by atoms with Crippen LogP contribution in [0.15, 0.2) is 22.7 Å². The zero-order valence-corrected chi connectivity index (χ0v) is 12.4. The van der Waals surface area contributed by atoms with E-state index in [-0.39, 0.29) is 28.8 Å². The van der Waals surface area contributed by atoms with E-state index in [1.54, 1.807) is 0 Å². The molecular formula is C10H10BrN3O5S. The number of carbonyl (C=O) groups is 1. The summed E-state index contributed by atoms with van der Waals surface area (Å²) in [6, 6.07) is 4.40. The van der Waals surface area contributed by atoms with Crippen LogP contribution in [0.5, 0.6) is 0 Å². The van der Waals surface area contributed by atoms with Gasteiger partial charge in [-0.15, -0.1) is 0 Å². The standard InChI is InChI=1S/C10H10BrN3O5S/c11-7-2-1-3-8(10(7)14(16)17)13-5-6(4-9(13)15)20(12,18)19/h1-3,6H,4-5H2,(H2,12,18,19). The first-order valence-corrected chi connectivity index (χ1v) is 7.87. The molecule has 0 radical (unpaired) electrons. The first-order valence-electron chi connectivity index (χ1n) is 5.46. The highest BCUT2D eigenvalue weighted by Crippen LogP contribution is 2.37. The number of primary sulfonamides is 1. The number of hydrogen-bond donors (Lipinski definition) is 1. The van der Waals surface area contributed by atoms with Crippen LogP contribution in [0.3, 0.4) is 0 Å². The predicted octanol–water partition coefficient (Wildman–Crippen LogP) is 0.751. The lowest BCUT2D eigenvalue weighted by Gasteiger charge is -2.16. The van der Waals surface area contributed by atoms with Crippen molar-refractivity contribution in [2.75, 3.05) is 11.4 Å². The van der Waals surface area contributed by atoms with Gasteiger partial charge in [0.25, 0.3) is 0 Å². The van der Waals surface area contributed by atoms with Crippen molar-refractivity contribution < 1.29 is 18.1 Å². The maximum atomic E-state index is 11.9. The molecule has 0 bridgehead atoms. The summed E-state index contributed by atoms with van der Waals surface area (Å²) >= 11 is 3.05. The Bertz CT molecular complexity index is 690. The van der Waals surface area contributed by atoms with Gasteiger partial charge in [-0.3, -0.25) is 14.9 Å². The number of para-hydroxylation sites is 1. The number of hydrogen-bond acceptors (Lipinski definition) is 5. The number of sulfonamides is 1. The number of carbonyl (C=O) groups excluding carboxylic acids is 1. The first-order chi connectivity index (χ1) is 9.21. The van der Waals surface area contributed by atoms with Crippen LogP contribution in [-0.2, 0) is 14.8 Å². The average molecular weight is 364 g/mol. The normalized spacial score (nSPS) is 19.4. The molecule has 1 aliphatic rings. The van der Waals surface area contributed by atoms with E-state index in [0.29, 0.717) is 0 Å². The lowest BCUT2D eigenvalue weighted by atomic mass is 10.2. The van der Waals surface area contributed by atoms with E-state index in [4.69, 9.17) is 5.14 Å². The molecule has 0 aliphatic carbocycles. The van der Waals surface area contributed by atoms with Gasteiger partial charge in [0.15, 0.2) is 0 Å². The molecule has 2 rings (SSSR count). The highest BCUT2D eigenvalue weighted by atomic mass is 79.9. The van der Waals surface area contributed by atoms with Crippen LogP contribution in [0.25, 0.3) is 0 Å². The molecule has 1 heterocycles. The Morgan fingerprint density at radius 1 is 1.45 bits per heavy atom. The van der Waals surface area contributed by atoms with Crippen molar-refractivity contribution in [3.05, 3.63) is 32.8 Å². The summed E-state index contributed by atoms with van der Waals surface area (Å²) in [5, 5.41) is 15.1. The van der Waals surface area contributed by atoms with Crippen molar-refractivity contribution in [3.63, 3.8) is 0 Å². The molecule has 1 atom stereocenters. The van der Waals surface area contributed by atoms with Gasteiger partial charge in [0.05, 0.1) is 9.40 Å². The Kier molecular flexibility index (Phi) is 3.80. The van der Waals surface area contributed by atoms with Crippen LogP contribution >= 0.6 is 15.9 Å². The van der Waals surface area contributed by atoms with E-state index in [2.05, 4.69) is 15.9 Å². The minimum Gasteiger partial charge on any atom is -0.305 e. The number of anilines is 1. The first kappa shape index (κ1) is 14.9. The zero-order valence-electron chi connectivity index (χ0n) is 10.0. The van der Waals surface area contributed by atoms with Crippen molar-refractivity contribution in [1.29, 1.82) is 0 Å². The van der Waals surface area contributed by atoms with Crippen LogP contribution in [0.2, 0.25) is 0 Å². The van der Waals surface area contributed by atoms with Gasteiger partial charge in [-0.2, -0.15) is 0 Å². The van der Waals surface area contributed by atoms with Crippen molar-refractivity contribution >= 4 is 43.2 Å². The fourth-order valence-corrected chi connectivity index (χ4v) is 3.26. The maximum Gasteiger partial charge on any atom is 0.307 e. The summed E-state index contributed by atoms with van der Waals surface area (Å²) < 4.78 is 22.8. The van der Waals surface area contributed by atoms with E-state index >= 15 is 0 Å². The van der Waals surface area contributed by atoms with Gasteiger partial charge >= 0.3 is 5.69 Å². The minimum absolute atomic E-state index is 0.0560. The van der Waals surface area contributed by atoms with E-state index < -0.39 is 26.1 Å². The highest BCUT2D eigenvalue weighted by Gasteiger charge is 2.39. The Hall–Kier alpha value is -1.52. The zero-order chi connectivity index (χ0) is 15.1. The monoisotopic (exact) mass is 363 g/mol. The third kappa shape index (κ3) is 2.67. The molecule has 1 saturated heterocycles. The number of nitro groups is 1. The summed E-state index contributed by atoms with van der Waals surface area (Å²) in [7, 11) is -3.86. The molecule has 2 N–H and O–H groups in total. The number of benzene rings is 1. The summed E-state index contributed by atoms with van der Waals surface area (Å²) in [6.45, 7) is -0.186. The van der Waals surface area contributed by atoms with Crippen molar-refractivity contribution in [1.82, 2.24) is 0 Å². The second-order valence-corrected chi connectivity index (χ2v) is 6.98. The third-order valence-corrected chi connectivity index (χ3v) is 4.88. The molecule has 1 aromatic rings. The van der Waals surface area contributed by atoms with Crippen LogP contribution in [0, 0.1) is 10.1 Å². The molecule has 1 aromatic carbocycles. The Labute approximate surface area is 122 Å². The Balaban J connectivity index is 2.46. The lowest BCUT2D eigenvalue weighted by molar-refractivity contribution is -0.384. The van der Waals surface area contributed by atoms with Crippen molar-refractivity contribution in [2.24, 2.45) is 5.14 Å². The Morgan fingerprint density at radius 2 is 2.10 bits per heavy atom. The van der Waals surface area contributed by atoms with Crippen LogP contribution in [-0.4, -0.2) is 31.0 Å². The topological polar surface area (TPSA) is 124 Å². The smallest absolute Gasteiger partial charge is 0.305 e. The summed E-state index contributed by atoms with van der Waals surface area (Å²) in [5.41, 5.74) is -0.226. The quantitative estimate of drug-likeness (QED) is 0.626. The van der Waals surface area contributed by atoms with Gasteiger partial charge < -0.3 is 4.90 Å². The molecule has 10 heteroatoms. The Morgan fingerprint density at radius 3 is 2.60 bits per heavy atom. The largest absolute Gasteiger partial charge is 0.307 e.